The molecule has 0 aliphatic carbocycles. The molecule has 2 aliphatic heterocycles. The Kier molecular flexibility index (Phi) is 6.82. The van der Waals surface area contributed by atoms with Gasteiger partial charge in [-0.3, -0.25) is 9.69 Å². The number of rotatable bonds is 5. The van der Waals surface area contributed by atoms with Crippen LogP contribution in [0.25, 0.3) is 0 Å². The third kappa shape index (κ3) is 5.07. The van der Waals surface area contributed by atoms with E-state index in [0.717, 1.165) is 52.0 Å². The average Bonchev–Trinajstić information content (AvgIpc) is 3.14. The molecule has 1 saturated heterocycles. The molecular weight excluding hydrogens is 338 g/mol. The number of ether oxygens (including phenoxy) is 1. The van der Waals surface area contributed by atoms with E-state index in [-0.39, 0.29) is 6.10 Å². The first-order valence-electron chi connectivity index (χ1n) is 9.90. The lowest BCUT2D eigenvalue weighted by atomic mass is 10.1. The van der Waals surface area contributed by atoms with Crippen LogP contribution in [0.5, 0.6) is 5.88 Å². The van der Waals surface area contributed by atoms with E-state index in [1.54, 1.807) is 4.90 Å². The predicted octanol–water partition coefficient (Wildman–Crippen LogP) is 3.62. The predicted molar refractivity (Wildman–Crippen MR) is 106 cm³/mol. The first-order chi connectivity index (χ1) is 13.3. The van der Waals surface area contributed by atoms with Gasteiger partial charge in [0.15, 0.2) is 0 Å². The molecule has 5 nitrogen and oxygen atoms in total. The van der Waals surface area contributed by atoms with Crippen LogP contribution in [-0.4, -0.2) is 40.4 Å². The maximum absolute atomic E-state index is 10.7. The van der Waals surface area contributed by atoms with Crippen LogP contribution in [0.2, 0.25) is 0 Å². The lowest BCUT2D eigenvalue weighted by Gasteiger charge is -2.29. The molecule has 2 aliphatic rings. The van der Waals surface area contributed by atoms with Crippen molar-refractivity contribution >= 4 is 6.41 Å². The molecule has 4 rings (SSSR count). The number of likely N-dealkylation sites (tertiary alicyclic amines) is 1. The van der Waals surface area contributed by atoms with Gasteiger partial charge in [0.05, 0.1) is 0 Å². The summed E-state index contributed by atoms with van der Waals surface area (Å²) in [7, 11) is 0. The molecule has 0 unspecified atom stereocenters. The van der Waals surface area contributed by atoms with Gasteiger partial charge in [0.2, 0.25) is 12.3 Å². The molecule has 3 heterocycles. The number of nitrogens with zero attached hydrogens (tertiary/aromatic N) is 3. The number of carbonyl (C=O) groups excluding carboxylic acids is 1. The minimum Gasteiger partial charge on any atom is -0.474 e. The fraction of sp³-hybridized carbons (Fsp3) is 0.455. The molecule has 1 aromatic heterocycles. The number of aromatic nitrogens is 1. The smallest absolute Gasteiger partial charge is 0.213 e. The van der Waals surface area contributed by atoms with Gasteiger partial charge in [-0.1, -0.05) is 44.2 Å². The van der Waals surface area contributed by atoms with Gasteiger partial charge < -0.3 is 9.64 Å². The van der Waals surface area contributed by atoms with Crippen molar-refractivity contribution in [2.45, 2.75) is 52.4 Å². The molecule has 0 atom stereocenters. The van der Waals surface area contributed by atoms with Crippen molar-refractivity contribution in [3.8, 4) is 5.88 Å². The average molecular weight is 367 g/mol. The second kappa shape index (κ2) is 9.51. The molecular formula is C22H29N3O2. The van der Waals surface area contributed by atoms with Gasteiger partial charge in [-0.2, -0.15) is 0 Å². The molecule has 1 fully saturated rings. The molecule has 0 radical (unpaired) electrons. The Bertz CT molecular complexity index is 700. The molecule has 0 N–H and O–H groups in total. The number of hydrogen-bond donors (Lipinski definition) is 0. The van der Waals surface area contributed by atoms with E-state index in [4.69, 9.17) is 4.74 Å². The highest BCUT2D eigenvalue weighted by molar-refractivity contribution is 5.47. The number of piperidine rings is 1. The maximum Gasteiger partial charge on any atom is 0.213 e. The Morgan fingerprint density at radius 1 is 1.07 bits per heavy atom. The zero-order chi connectivity index (χ0) is 19.1. The minimum absolute atomic E-state index is 0.155. The molecule has 2 aromatic rings. The second-order valence-electron chi connectivity index (χ2n) is 6.88. The van der Waals surface area contributed by atoms with Crippen molar-refractivity contribution in [1.29, 1.82) is 0 Å². The molecule has 1 amide bonds. The lowest BCUT2D eigenvalue weighted by molar-refractivity contribution is -0.119. The summed E-state index contributed by atoms with van der Waals surface area (Å²) in [5.74, 6) is 0.679. The Hall–Kier alpha value is -2.40. The summed E-state index contributed by atoms with van der Waals surface area (Å²) in [5.41, 5.74) is 4.06. The van der Waals surface area contributed by atoms with Crippen molar-refractivity contribution in [1.82, 2.24) is 14.8 Å². The Morgan fingerprint density at radius 2 is 1.74 bits per heavy atom. The van der Waals surface area contributed by atoms with Crippen LogP contribution in [-0.2, 0) is 24.4 Å². The Labute approximate surface area is 162 Å². The highest BCUT2D eigenvalue weighted by Crippen LogP contribution is 2.24. The topological polar surface area (TPSA) is 45.7 Å². The first-order valence-corrected chi connectivity index (χ1v) is 9.90. The van der Waals surface area contributed by atoms with E-state index >= 15 is 0 Å². The summed E-state index contributed by atoms with van der Waals surface area (Å²) >= 11 is 0. The second-order valence-corrected chi connectivity index (χ2v) is 6.88. The fourth-order valence-corrected chi connectivity index (χ4v) is 3.62. The standard InChI is InChI=1S/C20H23N3O2.C2H6/c24-15-22-9-7-19(8-10-22)25-20-6-5-16(11-21-20)12-23-13-17-3-1-2-4-18(17)14-23;1-2/h1-6,11,15,19H,7-10,12-14H2;1-2H3. The largest absolute Gasteiger partial charge is 0.474 e. The van der Waals surface area contributed by atoms with Crippen LogP contribution in [0.4, 0.5) is 0 Å². The van der Waals surface area contributed by atoms with Crippen LogP contribution in [0.1, 0.15) is 43.4 Å². The van der Waals surface area contributed by atoms with Crippen LogP contribution in [0.3, 0.4) is 0 Å². The van der Waals surface area contributed by atoms with Crippen molar-refractivity contribution in [2.75, 3.05) is 13.1 Å². The molecule has 0 saturated carbocycles. The van der Waals surface area contributed by atoms with Crippen molar-refractivity contribution in [3.05, 3.63) is 59.3 Å². The summed E-state index contributed by atoms with van der Waals surface area (Å²) < 4.78 is 5.96. The summed E-state index contributed by atoms with van der Waals surface area (Å²) in [5, 5.41) is 0. The normalized spacial score (nSPS) is 17.0. The summed E-state index contributed by atoms with van der Waals surface area (Å²) in [6.45, 7) is 8.44. The van der Waals surface area contributed by atoms with Crippen molar-refractivity contribution in [3.63, 3.8) is 0 Å². The molecule has 5 heteroatoms. The zero-order valence-electron chi connectivity index (χ0n) is 16.3. The highest BCUT2D eigenvalue weighted by Gasteiger charge is 2.20. The molecule has 27 heavy (non-hydrogen) atoms. The third-order valence-electron chi connectivity index (χ3n) is 5.02. The molecule has 0 bridgehead atoms. The summed E-state index contributed by atoms with van der Waals surface area (Å²) in [6.07, 6.45) is 4.73. The lowest BCUT2D eigenvalue weighted by Crippen LogP contribution is -2.37. The van der Waals surface area contributed by atoms with Gasteiger partial charge in [0, 0.05) is 57.8 Å². The minimum atomic E-state index is 0.155. The number of pyridine rings is 1. The van der Waals surface area contributed by atoms with Crippen LogP contribution in [0.15, 0.2) is 42.6 Å². The Morgan fingerprint density at radius 3 is 2.30 bits per heavy atom. The van der Waals surface area contributed by atoms with Crippen LogP contribution >= 0.6 is 0 Å². The quantitative estimate of drug-likeness (QED) is 0.757. The zero-order valence-corrected chi connectivity index (χ0v) is 16.3. The maximum atomic E-state index is 10.7. The van der Waals surface area contributed by atoms with E-state index < -0.39 is 0 Å². The number of benzene rings is 1. The van der Waals surface area contributed by atoms with Crippen molar-refractivity contribution < 1.29 is 9.53 Å². The van der Waals surface area contributed by atoms with E-state index in [0.29, 0.717) is 5.88 Å². The monoisotopic (exact) mass is 367 g/mol. The SMILES string of the molecule is CC.O=CN1CCC(Oc2ccc(CN3Cc4ccccc4C3)cn2)CC1. The molecule has 0 spiro atoms. The van der Waals surface area contributed by atoms with E-state index in [1.165, 1.54) is 16.7 Å². The number of amides is 1. The van der Waals surface area contributed by atoms with Crippen LogP contribution in [0, 0.1) is 0 Å². The van der Waals surface area contributed by atoms with Gasteiger partial charge in [0.1, 0.15) is 6.10 Å². The Balaban J connectivity index is 0.00000102. The summed E-state index contributed by atoms with van der Waals surface area (Å²) in [4.78, 5) is 19.4. The van der Waals surface area contributed by atoms with Gasteiger partial charge >= 0.3 is 0 Å². The number of carbonyl (C=O) groups is 1. The third-order valence-corrected chi connectivity index (χ3v) is 5.02. The first kappa shape index (κ1) is 19.4. The number of fused-ring (bicyclic) bond motifs is 1. The molecule has 1 aromatic carbocycles. The van der Waals surface area contributed by atoms with E-state index in [2.05, 4.69) is 40.2 Å². The van der Waals surface area contributed by atoms with Gasteiger partial charge in [-0.05, 0) is 16.7 Å². The van der Waals surface area contributed by atoms with E-state index in [9.17, 15) is 4.79 Å². The van der Waals surface area contributed by atoms with Crippen molar-refractivity contribution in [2.24, 2.45) is 0 Å². The van der Waals surface area contributed by atoms with Crippen LogP contribution < -0.4 is 4.74 Å². The van der Waals surface area contributed by atoms with Gasteiger partial charge in [0.25, 0.3) is 0 Å². The molecule has 144 valence electrons. The van der Waals surface area contributed by atoms with Gasteiger partial charge in [-0.25, -0.2) is 4.98 Å². The fourth-order valence-electron chi connectivity index (χ4n) is 3.62. The number of hydrogen-bond acceptors (Lipinski definition) is 4. The highest BCUT2D eigenvalue weighted by atomic mass is 16.5. The summed E-state index contributed by atoms with van der Waals surface area (Å²) in [6, 6.07) is 12.7. The van der Waals surface area contributed by atoms with E-state index in [1.807, 2.05) is 26.1 Å². The van der Waals surface area contributed by atoms with Gasteiger partial charge in [-0.15, -0.1) is 0 Å².